The molecule has 3 nitrogen and oxygen atoms in total. The van der Waals surface area contributed by atoms with Crippen LogP contribution in [0, 0.1) is 0 Å². The fourth-order valence-corrected chi connectivity index (χ4v) is 20.8. The number of nitrogens with zero attached hydrogens (tertiary/aromatic N) is 1. The van der Waals surface area contributed by atoms with E-state index < -0.39 is 18.4 Å². The number of pyridine rings is 1. The Morgan fingerprint density at radius 3 is 1.49 bits per heavy atom. The van der Waals surface area contributed by atoms with E-state index in [2.05, 4.69) is 81.4 Å². The number of benzene rings is 2. The Labute approximate surface area is 229 Å². The molecule has 0 saturated heterocycles. The number of ether oxygens (including phenoxy) is 2. The molecule has 4 heteroatoms. The summed E-state index contributed by atoms with van der Waals surface area (Å²) >= 11 is -2.62. The Kier molecular flexibility index (Phi) is 12.3. The van der Waals surface area contributed by atoms with Gasteiger partial charge in [0.1, 0.15) is 0 Å². The van der Waals surface area contributed by atoms with Crippen molar-refractivity contribution >= 4 is 22.1 Å². The molecule has 1 aromatic heterocycles. The molecule has 200 valence electrons. The summed E-state index contributed by atoms with van der Waals surface area (Å²) in [6.45, 7) is 7.03. The predicted octanol–water partition coefficient (Wildman–Crippen LogP) is 8.34. The van der Waals surface area contributed by atoms with E-state index in [1.165, 1.54) is 77.9 Å². The first-order chi connectivity index (χ1) is 18.1. The first-order valence-electron chi connectivity index (χ1n) is 14.3. The van der Waals surface area contributed by atoms with Crippen LogP contribution in [0.2, 0.25) is 13.3 Å². The Morgan fingerprint density at radius 1 is 0.595 bits per heavy atom. The maximum atomic E-state index is 5.61. The summed E-state index contributed by atoms with van der Waals surface area (Å²) in [6, 6.07) is 21.8. The molecule has 3 aromatic rings. The molecule has 0 aliphatic heterocycles. The monoisotopic (exact) mass is 609 g/mol. The first-order valence-corrected chi connectivity index (χ1v) is 21.8. The van der Waals surface area contributed by atoms with Crippen molar-refractivity contribution in [1.29, 1.82) is 0 Å². The van der Waals surface area contributed by atoms with Crippen LogP contribution in [-0.4, -0.2) is 37.6 Å². The number of hydrogen-bond acceptors (Lipinski definition) is 3. The van der Waals surface area contributed by atoms with Crippen molar-refractivity contribution in [3.63, 3.8) is 0 Å². The molecule has 0 N–H and O–H groups in total. The second-order valence-electron chi connectivity index (χ2n) is 10.4. The van der Waals surface area contributed by atoms with Gasteiger partial charge < -0.3 is 0 Å². The summed E-state index contributed by atoms with van der Waals surface area (Å²) < 4.78 is 16.6. The number of unbranched alkanes of at least 4 members (excludes halogenated alkanes) is 3. The Balaban J connectivity index is 2.04. The molecule has 0 aliphatic rings. The van der Waals surface area contributed by atoms with Gasteiger partial charge >= 0.3 is 231 Å². The van der Waals surface area contributed by atoms with Crippen molar-refractivity contribution in [2.45, 2.75) is 85.4 Å². The average Bonchev–Trinajstić information content (AvgIpc) is 2.94. The predicted molar refractivity (Wildman–Crippen MR) is 160 cm³/mol. The van der Waals surface area contributed by atoms with Crippen LogP contribution >= 0.6 is 0 Å². The average molecular weight is 608 g/mol. The quantitative estimate of drug-likeness (QED) is 0.153. The van der Waals surface area contributed by atoms with Crippen molar-refractivity contribution in [1.82, 2.24) is 4.98 Å². The van der Waals surface area contributed by atoms with Crippen molar-refractivity contribution in [2.75, 3.05) is 14.2 Å². The number of aromatic nitrogens is 1. The van der Waals surface area contributed by atoms with Gasteiger partial charge in [-0.05, 0) is 0 Å². The zero-order valence-electron chi connectivity index (χ0n) is 23.8. The normalized spacial score (nSPS) is 11.5. The standard InChI is InChI=1S/C21H20NO2.3C4H9.Sn/c1-23-19-9-5-16(6-10-19)14-18-4-3-13-22-21(18)15-17-7-11-20(24-2)12-8-17;3*1-3-4-2;/h3-12H,14-15H2,1-2H3;3*1,3-4H2,2H3;. The first kappa shape index (κ1) is 29.5. The van der Waals surface area contributed by atoms with Gasteiger partial charge in [-0.2, -0.15) is 0 Å². The second kappa shape index (κ2) is 15.4. The van der Waals surface area contributed by atoms with Gasteiger partial charge in [-0.1, -0.05) is 0 Å². The van der Waals surface area contributed by atoms with Gasteiger partial charge in [0.05, 0.1) is 0 Å². The summed E-state index contributed by atoms with van der Waals surface area (Å²) in [5.74, 6) is 1.80. The van der Waals surface area contributed by atoms with E-state index in [9.17, 15) is 0 Å². The molecular formula is C33H47NO2Sn. The van der Waals surface area contributed by atoms with Crippen LogP contribution in [0.1, 0.15) is 81.7 Å². The molecule has 0 aliphatic carbocycles. The molecule has 0 spiro atoms. The van der Waals surface area contributed by atoms with Gasteiger partial charge in [-0.25, -0.2) is 0 Å². The zero-order valence-corrected chi connectivity index (χ0v) is 26.7. The molecule has 0 fully saturated rings. The van der Waals surface area contributed by atoms with Crippen molar-refractivity contribution in [2.24, 2.45) is 0 Å². The van der Waals surface area contributed by atoms with Gasteiger partial charge in [-0.3, -0.25) is 0 Å². The molecule has 0 saturated carbocycles. The van der Waals surface area contributed by atoms with E-state index >= 15 is 0 Å². The molecule has 3 rings (SSSR count). The topological polar surface area (TPSA) is 31.4 Å². The Hall–Kier alpha value is -2.01. The fourth-order valence-electron chi connectivity index (χ4n) is 5.34. The molecule has 0 amide bonds. The van der Waals surface area contributed by atoms with Gasteiger partial charge in [0.15, 0.2) is 0 Å². The third-order valence-electron chi connectivity index (χ3n) is 7.72. The van der Waals surface area contributed by atoms with Crippen LogP contribution in [0.5, 0.6) is 11.5 Å². The SMILES string of the molecule is CCC[CH2][Sn]([CH2]CCC)([CH2]CCC)[c]1ccc(Cc2ccc(OC)cc2)c(Cc2ccc(OC)cc2)n1. The van der Waals surface area contributed by atoms with Crippen molar-refractivity contribution in [3.05, 3.63) is 83.0 Å². The van der Waals surface area contributed by atoms with E-state index in [0.717, 1.165) is 24.3 Å². The van der Waals surface area contributed by atoms with Crippen LogP contribution in [0.3, 0.4) is 0 Å². The molecule has 1 heterocycles. The molecule has 37 heavy (non-hydrogen) atoms. The van der Waals surface area contributed by atoms with Crippen LogP contribution in [0.15, 0.2) is 60.7 Å². The minimum absolute atomic E-state index is 0.862. The molecule has 0 atom stereocenters. The number of rotatable bonds is 16. The maximum absolute atomic E-state index is 5.61. The van der Waals surface area contributed by atoms with Crippen LogP contribution in [0.4, 0.5) is 0 Å². The van der Waals surface area contributed by atoms with E-state index in [1.807, 2.05) is 0 Å². The summed E-state index contributed by atoms with van der Waals surface area (Å²) in [5.41, 5.74) is 5.18. The third-order valence-corrected chi connectivity index (χ3v) is 22.8. The molecule has 2 aromatic carbocycles. The number of hydrogen-bond donors (Lipinski definition) is 0. The summed E-state index contributed by atoms with van der Waals surface area (Å²) in [6.07, 6.45) is 9.66. The van der Waals surface area contributed by atoms with Gasteiger partial charge in [0.2, 0.25) is 0 Å². The minimum atomic E-state index is -2.62. The van der Waals surface area contributed by atoms with E-state index in [4.69, 9.17) is 14.5 Å². The summed E-state index contributed by atoms with van der Waals surface area (Å²) in [7, 11) is 3.45. The molecular weight excluding hydrogens is 561 g/mol. The van der Waals surface area contributed by atoms with E-state index in [0.29, 0.717) is 0 Å². The fraction of sp³-hybridized carbons (Fsp3) is 0.485. The Morgan fingerprint density at radius 2 is 1.05 bits per heavy atom. The molecule has 0 bridgehead atoms. The molecule has 0 unspecified atom stereocenters. The third kappa shape index (κ3) is 8.49. The Bertz CT molecular complexity index is 1040. The van der Waals surface area contributed by atoms with E-state index in [-0.39, 0.29) is 0 Å². The summed E-state index contributed by atoms with van der Waals surface area (Å²) in [5, 5.41) is 0. The van der Waals surface area contributed by atoms with E-state index in [1.54, 1.807) is 14.2 Å². The van der Waals surface area contributed by atoms with Gasteiger partial charge in [-0.15, -0.1) is 0 Å². The van der Waals surface area contributed by atoms with Crippen LogP contribution < -0.4 is 13.2 Å². The molecule has 0 radical (unpaired) electrons. The van der Waals surface area contributed by atoms with Gasteiger partial charge in [0, 0.05) is 0 Å². The van der Waals surface area contributed by atoms with Crippen molar-refractivity contribution in [3.8, 4) is 11.5 Å². The number of methoxy groups -OCH3 is 2. The second-order valence-corrected chi connectivity index (χ2v) is 23.5. The van der Waals surface area contributed by atoms with Crippen LogP contribution in [-0.2, 0) is 12.8 Å². The van der Waals surface area contributed by atoms with Crippen molar-refractivity contribution < 1.29 is 9.47 Å². The summed E-state index contributed by atoms with van der Waals surface area (Å²) in [4.78, 5) is 5.61. The van der Waals surface area contributed by atoms with Crippen LogP contribution in [0.25, 0.3) is 0 Å². The zero-order chi connectivity index (χ0) is 26.5. The van der Waals surface area contributed by atoms with Gasteiger partial charge in [0.25, 0.3) is 0 Å².